The zero-order chi connectivity index (χ0) is 14.3. The van der Waals surface area contributed by atoms with E-state index in [1.165, 1.54) is 0 Å². The number of rotatable bonds is 5. The van der Waals surface area contributed by atoms with Crippen LogP contribution in [0.15, 0.2) is 24.5 Å². The van der Waals surface area contributed by atoms with Crippen molar-refractivity contribution in [2.75, 3.05) is 39.5 Å². The van der Waals surface area contributed by atoms with Crippen LogP contribution in [-0.2, 0) is 9.47 Å². The van der Waals surface area contributed by atoms with Crippen molar-refractivity contribution in [3.05, 3.63) is 24.5 Å². The van der Waals surface area contributed by atoms with E-state index in [-0.39, 0.29) is 6.10 Å². The highest BCUT2D eigenvalue weighted by molar-refractivity contribution is 5.15. The molecule has 0 aliphatic carbocycles. The summed E-state index contributed by atoms with van der Waals surface area (Å²) in [5.74, 6) is 0.878. The normalized spacial score (nSPS) is 24.9. The summed E-state index contributed by atoms with van der Waals surface area (Å²) in [7, 11) is 0. The summed E-state index contributed by atoms with van der Waals surface area (Å²) in [5.41, 5.74) is 0. The quantitative estimate of drug-likeness (QED) is 0.827. The van der Waals surface area contributed by atoms with E-state index in [9.17, 15) is 0 Å². The molecule has 0 aromatic carbocycles. The zero-order valence-electron chi connectivity index (χ0n) is 12.4. The number of likely N-dealkylation sites (tertiary alicyclic amines) is 1. The second kappa shape index (κ2) is 7.73. The Bertz CT molecular complexity index is 401. The van der Waals surface area contributed by atoms with E-state index in [4.69, 9.17) is 14.2 Å². The monoisotopic (exact) mass is 292 g/mol. The van der Waals surface area contributed by atoms with E-state index >= 15 is 0 Å². The largest absolute Gasteiger partial charge is 0.489 e. The first-order chi connectivity index (χ1) is 10.4. The van der Waals surface area contributed by atoms with Crippen LogP contribution in [-0.4, -0.2) is 61.5 Å². The molecule has 1 atom stereocenters. The molecular formula is C16H24N2O3. The average molecular weight is 292 g/mol. The molecule has 0 bridgehead atoms. The first-order valence-electron chi connectivity index (χ1n) is 7.88. The number of aromatic nitrogens is 1. The van der Waals surface area contributed by atoms with Crippen LogP contribution in [0, 0.1) is 0 Å². The minimum atomic E-state index is 0.281. The van der Waals surface area contributed by atoms with Gasteiger partial charge in [-0.15, -0.1) is 0 Å². The van der Waals surface area contributed by atoms with Gasteiger partial charge >= 0.3 is 0 Å². The molecular weight excluding hydrogens is 268 g/mol. The molecule has 5 heteroatoms. The van der Waals surface area contributed by atoms with Crippen LogP contribution in [0.25, 0.3) is 0 Å². The SMILES string of the molecule is c1cncc(OC2CCN(CCC3COCCO3)CC2)c1. The molecule has 2 saturated heterocycles. The topological polar surface area (TPSA) is 43.8 Å². The summed E-state index contributed by atoms with van der Waals surface area (Å²) in [6.07, 6.45) is 7.38. The Labute approximate surface area is 126 Å². The number of hydrogen-bond donors (Lipinski definition) is 0. The zero-order valence-corrected chi connectivity index (χ0v) is 12.4. The lowest BCUT2D eigenvalue weighted by molar-refractivity contribution is -0.0933. The van der Waals surface area contributed by atoms with Gasteiger partial charge in [0.15, 0.2) is 0 Å². The Hall–Kier alpha value is -1.17. The third-order valence-corrected chi connectivity index (χ3v) is 4.12. The van der Waals surface area contributed by atoms with Crippen molar-refractivity contribution in [2.45, 2.75) is 31.5 Å². The van der Waals surface area contributed by atoms with Crippen LogP contribution < -0.4 is 4.74 Å². The molecule has 116 valence electrons. The summed E-state index contributed by atoms with van der Waals surface area (Å²) >= 11 is 0. The third-order valence-electron chi connectivity index (χ3n) is 4.12. The predicted molar refractivity (Wildman–Crippen MR) is 79.5 cm³/mol. The molecule has 2 aliphatic rings. The third kappa shape index (κ3) is 4.66. The molecule has 3 rings (SSSR count). The van der Waals surface area contributed by atoms with Crippen LogP contribution in [0.5, 0.6) is 5.75 Å². The summed E-state index contributed by atoms with van der Waals surface area (Å²) < 4.78 is 17.1. The van der Waals surface area contributed by atoms with Crippen molar-refractivity contribution in [3.8, 4) is 5.75 Å². The lowest BCUT2D eigenvalue weighted by Crippen LogP contribution is -2.40. The molecule has 3 heterocycles. The van der Waals surface area contributed by atoms with Crippen LogP contribution in [0.3, 0.4) is 0 Å². The fraction of sp³-hybridized carbons (Fsp3) is 0.688. The Kier molecular flexibility index (Phi) is 5.43. The second-order valence-corrected chi connectivity index (χ2v) is 5.70. The highest BCUT2D eigenvalue weighted by Gasteiger charge is 2.22. The maximum absolute atomic E-state index is 5.96. The smallest absolute Gasteiger partial charge is 0.137 e. The van der Waals surface area contributed by atoms with Gasteiger partial charge in [-0.25, -0.2) is 0 Å². The van der Waals surface area contributed by atoms with Crippen LogP contribution in [0.2, 0.25) is 0 Å². The molecule has 2 fully saturated rings. The van der Waals surface area contributed by atoms with E-state index in [2.05, 4.69) is 9.88 Å². The lowest BCUT2D eigenvalue weighted by Gasteiger charge is -2.33. The Morgan fingerprint density at radius 3 is 2.90 bits per heavy atom. The van der Waals surface area contributed by atoms with E-state index in [1.807, 2.05) is 12.1 Å². The molecule has 0 radical (unpaired) electrons. The molecule has 1 aromatic rings. The minimum absolute atomic E-state index is 0.281. The Morgan fingerprint density at radius 2 is 2.19 bits per heavy atom. The van der Waals surface area contributed by atoms with Crippen molar-refractivity contribution in [1.29, 1.82) is 0 Å². The molecule has 1 unspecified atom stereocenters. The van der Waals surface area contributed by atoms with Crippen LogP contribution in [0.4, 0.5) is 0 Å². The van der Waals surface area contributed by atoms with E-state index < -0.39 is 0 Å². The van der Waals surface area contributed by atoms with Gasteiger partial charge in [0.05, 0.1) is 32.1 Å². The molecule has 21 heavy (non-hydrogen) atoms. The van der Waals surface area contributed by atoms with E-state index in [1.54, 1.807) is 12.4 Å². The summed E-state index contributed by atoms with van der Waals surface area (Å²) in [6, 6.07) is 3.89. The number of nitrogens with zero attached hydrogens (tertiary/aromatic N) is 2. The first kappa shape index (κ1) is 14.8. The molecule has 0 amide bonds. The summed E-state index contributed by atoms with van der Waals surface area (Å²) in [5, 5.41) is 0. The first-order valence-corrected chi connectivity index (χ1v) is 7.88. The fourth-order valence-electron chi connectivity index (χ4n) is 2.89. The van der Waals surface area contributed by atoms with Gasteiger partial charge in [0.1, 0.15) is 11.9 Å². The van der Waals surface area contributed by atoms with Crippen molar-refractivity contribution in [1.82, 2.24) is 9.88 Å². The Morgan fingerprint density at radius 1 is 1.29 bits per heavy atom. The average Bonchev–Trinajstić information content (AvgIpc) is 2.56. The highest BCUT2D eigenvalue weighted by Crippen LogP contribution is 2.18. The fourth-order valence-corrected chi connectivity index (χ4v) is 2.89. The van der Waals surface area contributed by atoms with Crippen molar-refractivity contribution >= 4 is 0 Å². The van der Waals surface area contributed by atoms with Gasteiger partial charge in [-0.1, -0.05) is 0 Å². The van der Waals surface area contributed by atoms with Gasteiger partial charge in [-0.3, -0.25) is 4.98 Å². The lowest BCUT2D eigenvalue weighted by atomic mass is 10.1. The molecule has 2 aliphatic heterocycles. The van der Waals surface area contributed by atoms with Gasteiger partial charge in [-0.2, -0.15) is 0 Å². The number of pyridine rings is 1. The summed E-state index contributed by atoms with van der Waals surface area (Å²) in [6.45, 7) is 5.52. The van der Waals surface area contributed by atoms with Crippen molar-refractivity contribution in [2.24, 2.45) is 0 Å². The summed E-state index contributed by atoms with van der Waals surface area (Å²) in [4.78, 5) is 6.59. The molecule has 0 spiro atoms. The molecule has 5 nitrogen and oxygen atoms in total. The molecule has 0 saturated carbocycles. The minimum Gasteiger partial charge on any atom is -0.489 e. The number of ether oxygens (including phenoxy) is 3. The maximum atomic E-state index is 5.96. The van der Waals surface area contributed by atoms with Gasteiger partial charge in [0, 0.05) is 25.8 Å². The van der Waals surface area contributed by atoms with E-state index in [0.29, 0.717) is 6.10 Å². The maximum Gasteiger partial charge on any atom is 0.137 e. The Balaban J connectivity index is 1.35. The van der Waals surface area contributed by atoms with Crippen LogP contribution in [0.1, 0.15) is 19.3 Å². The number of hydrogen-bond acceptors (Lipinski definition) is 5. The van der Waals surface area contributed by atoms with E-state index in [0.717, 1.165) is 64.5 Å². The standard InChI is InChI=1S/C16H24N2O3/c1-2-15(12-17-6-1)21-14-3-7-18(8-4-14)9-5-16-13-19-10-11-20-16/h1-2,6,12,14,16H,3-5,7-11,13H2. The van der Waals surface area contributed by atoms with Gasteiger partial charge in [-0.05, 0) is 31.4 Å². The van der Waals surface area contributed by atoms with Crippen molar-refractivity contribution in [3.63, 3.8) is 0 Å². The van der Waals surface area contributed by atoms with Crippen LogP contribution >= 0.6 is 0 Å². The highest BCUT2D eigenvalue weighted by atomic mass is 16.6. The van der Waals surface area contributed by atoms with Gasteiger partial charge in [0.2, 0.25) is 0 Å². The predicted octanol–water partition coefficient (Wildman–Crippen LogP) is 1.73. The van der Waals surface area contributed by atoms with Crippen molar-refractivity contribution < 1.29 is 14.2 Å². The second-order valence-electron chi connectivity index (χ2n) is 5.70. The molecule has 1 aromatic heterocycles. The van der Waals surface area contributed by atoms with Gasteiger partial charge in [0.25, 0.3) is 0 Å². The van der Waals surface area contributed by atoms with Gasteiger partial charge < -0.3 is 19.1 Å². The number of piperidine rings is 1. The molecule has 0 N–H and O–H groups in total.